The minimum atomic E-state index is -0.436. The van der Waals surface area contributed by atoms with E-state index >= 15 is 0 Å². The van der Waals surface area contributed by atoms with Crippen LogP contribution in [0.3, 0.4) is 0 Å². The highest BCUT2D eigenvalue weighted by Gasteiger charge is 2.12. The van der Waals surface area contributed by atoms with Gasteiger partial charge in [0, 0.05) is 18.3 Å². The molecule has 0 atom stereocenters. The van der Waals surface area contributed by atoms with Gasteiger partial charge in [-0.25, -0.2) is 9.37 Å². The number of pyridine rings is 1. The highest BCUT2D eigenvalue weighted by molar-refractivity contribution is 5.49. The van der Waals surface area contributed by atoms with Crippen molar-refractivity contribution in [1.29, 1.82) is 0 Å². The second kappa shape index (κ2) is 5.87. The van der Waals surface area contributed by atoms with Crippen molar-refractivity contribution >= 4 is 11.5 Å². The number of anilines is 1. The van der Waals surface area contributed by atoms with Gasteiger partial charge in [0.15, 0.2) is 0 Å². The van der Waals surface area contributed by atoms with Gasteiger partial charge in [-0.05, 0) is 37.5 Å². The quantitative estimate of drug-likeness (QED) is 0.689. The predicted molar refractivity (Wildman–Crippen MR) is 78.8 cm³/mol. The summed E-state index contributed by atoms with van der Waals surface area (Å²) in [5.74, 6) is 0.217. The number of benzene rings is 1. The molecule has 1 aromatic carbocycles. The van der Waals surface area contributed by atoms with Crippen LogP contribution >= 0.6 is 0 Å². The molecule has 0 bridgehead atoms. The fourth-order valence-corrected chi connectivity index (χ4v) is 2.14. The van der Waals surface area contributed by atoms with Crippen molar-refractivity contribution in [2.75, 3.05) is 5.32 Å². The summed E-state index contributed by atoms with van der Waals surface area (Å²) < 4.78 is 13.6. The van der Waals surface area contributed by atoms with E-state index in [4.69, 9.17) is 0 Å². The molecule has 0 fully saturated rings. The van der Waals surface area contributed by atoms with Crippen LogP contribution in [0.2, 0.25) is 0 Å². The Labute approximate surface area is 122 Å². The lowest BCUT2D eigenvalue weighted by atomic mass is 10.1. The molecular formula is C15H16FN3O2. The van der Waals surface area contributed by atoms with Gasteiger partial charge in [-0.2, -0.15) is 0 Å². The van der Waals surface area contributed by atoms with Gasteiger partial charge < -0.3 is 5.32 Å². The molecule has 1 N–H and O–H groups in total. The largest absolute Gasteiger partial charge is 0.366 e. The Kier molecular flexibility index (Phi) is 4.16. The van der Waals surface area contributed by atoms with Crippen LogP contribution in [0.5, 0.6) is 0 Å². The minimum absolute atomic E-state index is 0.0268. The summed E-state index contributed by atoms with van der Waals surface area (Å²) in [4.78, 5) is 14.6. The van der Waals surface area contributed by atoms with Gasteiger partial charge in [-0.3, -0.25) is 10.1 Å². The predicted octanol–water partition coefficient (Wildman–Crippen LogP) is 3.67. The molecule has 0 saturated carbocycles. The summed E-state index contributed by atoms with van der Waals surface area (Å²) in [6.45, 7) is 5.48. The Bertz CT molecular complexity index is 678. The van der Waals surface area contributed by atoms with Crippen molar-refractivity contribution in [2.24, 2.45) is 0 Å². The normalized spacial score (nSPS) is 10.5. The first-order valence-electron chi connectivity index (χ1n) is 6.49. The molecule has 21 heavy (non-hydrogen) atoms. The number of nitrogens with one attached hydrogen (secondary N) is 1. The summed E-state index contributed by atoms with van der Waals surface area (Å²) in [6, 6.07) is 4.90. The van der Waals surface area contributed by atoms with E-state index in [0.717, 1.165) is 5.56 Å². The molecule has 110 valence electrons. The van der Waals surface area contributed by atoms with Crippen molar-refractivity contribution in [3.63, 3.8) is 0 Å². The van der Waals surface area contributed by atoms with Gasteiger partial charge in [0.05, 0.1) is 11.0 Å². The van der Waals surface area contributed by atoms with Gasteiger partial charge >= 0.3 is 0 Å². The molecule has 0 aliphatic rings. The molecule has 2 rings (SSSR count). The van der Waals surface area contributed by atoms with Crippen LogP contribution in [0.15, 0.2) is 24.4 Å². The lowest BCUT2D eigenvalue weighted by Gasteiger charge is -2.09. The molecule has 6 heteroatoms. The van der Waals surface area contributed by atoms with Crippen molar-refractivity contribution in [3.8, 4) is 0 Å². The second-order valence-electron chi connectivity index (χ2n) is 5.01. The molecule has 0 radical (unpaired) electrons. The summed E-state index contributed by atoms with van der Waals surface area (Å²) >= 11 is 0. The average Bonchev–Trinajstić information content (AvgIpc) is 2.43. The van der Waals surface area contributed by atoms with Gasteiger partial charge in [0.1, 0.15) is 11.6 Å². The number of nitro groups is 1. The Hall–Kier alpha value is -2.50. The number of hydrogen-bond acceptors (Lipinski definition) is 4. The zero-order valence-corrected chi connectivity index (χ0v) is 12.1. The van der Waals surface area contributed by atoms with Crippen LogP contribution in [0, 0.1) is 36.7 Å². The van der Waals surface area contributed by atoms with E-state index in [2.05, 4.69) is 10.3 Å². The smallest absolute Gasteiger partial charge is 0.277 e. The first kappa shape index (κ1) is 14.9. The van der Waals surface area contributed by atoms with Crippen LogP contribution in [0.4, 0.5) is 15.9 Å². The average molecular weight is 289 g/mol. The van der Waals surface area contributed by atoms with Crippen molar-refractivity contribution in [2.45, 2.75) is 27.3 Å². The van der Waals surface area contributed by atoms with Crippen molar-refractivity contribution in [3.05, 3.63) is 62.6 Å². The Morgan fingerprint density at radius 1 is 1.19 bits per heavy atom. The number of rotatable bonds is 4. The highest BCUT2D eigenvalue weighted by atomic mass is 19.1. The second-order valence-corrected chi connectivity index (χ2v) is 5.01. The maximum absolute atomic E-state index is 13.6. The molecule has 1 aromatic heterocycles. The summed E-state index contributed by atoms with van der Waals surface area (Å²) in [5, 5.41) is 13.9. The Morgan fingerprint density at radius 2 is 1.81 bits per heavy atom. The number of aromatic nitrogens is 1. The standard InChI is InChI=1S/C15H16FN3O2/c1-9-4-12(5-10(2)15(9)16)8-18-14-6-13(19(20)21)11(3)7-17-14/h4-7H,8H2,1-3H3,(H,17,18). The number of hydrogen-bond donors (Lipinski definition) is 1. The summed E-state index contributed by atoms with van der Waals surface area (Å²) in [7, 11) is 0. The van der Waals surface area contributed by atoms with Crippen LogP contribution < -0.4 is 5.32 Å². The van der Waals surface area contributed by atoms with E-state index in [1.54, 1.807) is 32.9 Å². The van der Waals surface area contributed by atoms with E-state index in [1.807, 2.05) is 0 Å². The van der Waals surface area contributed by atoms with Crippen molar-refractivity contribution in [1.82, 2.24) is 4.98 Å². The summed E-state index contributed by atoms with van der Waals surface area (Å²) in [6.07, 6.45) is 1.46. The van der Waals surface area contributed by atoms with E-state index in [1.165, 1.54) is 12.3 Å². The molecule has 5 nitrogen and oxygen atoms in total. The first-order valence-corrected chi connectivity index (χ1v) is 6.49. The zero-order chi connectivity index (χ0) is 15.6. The molecule has 0 aliphatic carbocycles. The molecule has 2 aromatic rings. The minimum Gasteiger partial charge on any atom is -0.366 e. The lowest BCUT2D eigenvalue weighted by molar-refractivity contribution is -0.385. The van der Waals surface area contributed by atoms with Gasteiger partial charge in [0.25, 0.3) is 5.69 Å². The van der Waals surface area contributed by atoms with Gasteiger partial charge in [0.2, 0.25) is 0 Å². The fraction of sp³-hybridized carbons (Fsp3) is 0.267. The van der Waals surface area contributed by atoms with E-state index in [0.29, 0.717) is 29.1 Å². The molecular weight excluding hydrogens is 273 g/mol. The number of nitrogens with zero attached hydrogens (tertiary/aromatic N) is 2. The van der Waals surface area contributed by atoms with Crippen LogP contribution in [0.25, 0.3) is 0 Å². The summed E-state index contributed by atoms with van der Waals surface area (Å²) in [5.41, 5.74) is 2.60. The van der Waals surface area contributed by atoms with E-state index in [9.17, 15) is 14.5 Å². The van der Waals surface area contributed by atoms with Gasteiger partial charge in [-0.15, -0.1) is 0 Å². The first-order chi connectivity index (χ1) is 9.88. The third-order valence-corrected chi connectivity index (χ3v) is 3.24. The van der Waals surface area contributed by atoms with Crippen LogP contribution in [0.1, 0.15) is 22.3 Å². The maximum Gasteiger partial charge on any atom is 0.277 e. The number of aryl methyl sites for hydroxylation is 3. The molecule has 0 amide bonds. The third kappa shape index (κ3) is 3.34. The molecule has 0 aliphatic heterocycles. The van der Waals surface area contributed by atoms with Crippen LogP contribution in [-0.4, -0.2) is 9.91 Å². The fourth-order valence-electron chi connectivity index (χ4n) is 2.14. The Morgan fingerprint density at radius 3 is 2.38 bits per heavy atom. The molecule has 0 unspecified atom stereocenters. The maximum atomic E-state index is 13.6. The molecule has 0 spiro atoms. The van der Waals surface area contributed by atoms with Crippen LogP contribution in [-0.2, 0) is 6.54 Å². The number of halogens is 1. The van der Waals surface area contributed by atoms with E-state index < -0.39 is 4.92 Å². The SMILES string of the molecule is Cc1cnc(NCc2cc(C)c(F)c(C)c2)cc1[N+](=O)[O-]. The zero-order valence-electron chi connectivity index (χ0n) is 12.1. The van der Waals surface area contributed by atoms with Crippen molar-refractivity contribution < 1.29 is 9.31 Å². The van der Waals surface area contributed by atoms with E-state index in [-0.39, 0.29) is 11.5 Å². The highest BCUT2D eigenvalue weighted by Crippen LogP contribution is 2.21. The lowest BCUT2D eigenvalue weighted by Crippen LogP contribution is -2.04. The molecule has 1 heterocycles. The van der Waals surface area contributed by atoms with Gasteiger partial charge in [-0.1, -0.05) is 12.1 Å². The molecule has 0 saturated heterocycles. The Balaban J connectivity index is 2.17. The third-order valence-electron chi connectivity index (χ3n) is 3.24. The monoisotopic (exact) mass is 289 g/mol. The topological polar surface area (TPSA) is 68.1 Å².